The van der Waals surface area contributed by atoms with Gasteiger partial charge in [-0.2, -0.15) is 0 Å². The summed E-state index contributed by atoms with van der Waals surface area (Å²) in [4.78, 5) is 31.4. The normalized spacial score (nSPS) is 36.9. The molecule has 0 saturated heterocycles. The zero-order chi connectivity index (χ0) is 31.3. The molecule has 240 valence electrons. The van der Waals surface area contributed by atoms with E-state index in [1.807, 2.05) is 6.92 Å². The highest BCUT2D eigenvalue weighted by atomic mass is 28.4. The average Bonchev–Trinajstić information content (AvgIpc) is 3.26. The molecule has 0 aliphatic heterocycles. The lowest BCUT2D eigenvalue weighted by Gasteiger charge is -2.61. The fraction of sp³-hybridized carbons (Fsp3) is 0.909. The van der Waals surface area contributed by atoms with Crippen LogP contribution in [-0.2, 0) is 9.26 Å². The van der Waals surface area contributed by atoms with Gasteiger partial charge in [0, 0.05) is 39.2 Å². The summed E-state index contributed by atoms with van der Waals surface area (Å²) in [5.74, 6) is 3.39. The summed E-state index contributed by atoms with van der Waals surface area (Å²) in [6.07, 6.45) is 10.2. The van der Waals surface area contributed by atoms with Crippen LogP contribution in [0, 0.1) is 40.4 Å². The van der Waals surface area contributed by atoms with E-state index in [4.69, 9.17) is 14.4 Å². The van der Waals surface area contributed by atoms with Crippen LogP contribution in [-0.4, -0.2) is 74.4 Å². The van der Waals surface area contributed by atoms with Gasteiger partial charge in [0.25, 0.3) is 0 Å². The fourth-order valence-electron chi connectivity index (χ4n) is 9.34. The number of fused-ring (bicyclic) bond motifs is 5. The summed E-state index contributed by atoms with van der Waals surface area (Å²) in [7, 11) is 1.34. The van der Waals surface area contributed by atoms with E-state index >= 15 is 0 Å². The maximum Gasteiger partial charge on any atom is 0.435 e. The molecule has 4 fully saturated rings. The smallest absolute Gasteiger partial charge is 0.435 e. The minimum atomic E-state index is -1.76. The second-order valence-electron chi connectivity index (χ2n) is 16.3. The topological polar surface area (TPSA) is 91.7 Å². The van der Waals surface area contributed by atoms with Crippen molar-refractivity contribution < 1.29 is 24.0 Å². The van der Waals surface area contributed by atoms with E-state index in [1.54, 1.807) is 7.05 Å². The zero-order valence-electron chi connectivity index (χ0n) is 28.2. The highest BCUT2D eigenvalue weighted by molar-refractivity contribution is 6.74. The van der Waals surface area contributed by atoms with Crippen LogP contribution in [0.3, 0.4) is 0 Å². The van der Waals surface area contributed by atoms with Crippen molar-refractivity contribution in [2.75, 3.05) is 27.2 Å². The molecule has 0 aromatic rings. The SMILES string of the molecule is CC(=NOC(=O)N(C)CCN(C)C(=O)O)[C@H]1CC[C@H]2[C@@H]3CCC4C[C@@H](O[Si](C)(C)C(C)(C)C)CC[C@]4(C)[C@H]3CC[C@]12C. The van der Waals surface area contributed by atoms with Crippen LogP contribution in [0.2, 0.25) is 18.1 Å². The molecule has 8 atom stereocenters. The van der Waals surface area contributed by atoms with Gasteiger partial charge in [0.05, 0.1) is 5.71 Å². The van der Waals surface area contributed by atoms with Gasteiger partial charge in [-0.15, -0.1) is 0 Å². The molecule has 0 aromatic carbocycles. The predicted molar refractivity (Wildman–Crippen MR) is 170 cm³/mol. The Bertz CT molecular complexity index is 1040. The van der Waals surface area contributed by atoms with Gasteiger partial charge in [-0.05, 0) is 117 Å². The molecule has 42 heavy (non-hydrogen) atoms. The van der Waals surface area contributed by atoms with Crippen molar-refractivity contribution in [2.45, 2.75) is 124 Å². The lowest BCUT2D eigenvalue weighted by Crippen LogP contribution is -2.55. The monoisotopic (exact) mass is 605 g/mol. The number of carboxylic acid groups (broad SMARTS) is 1. The minimum Gasteiger partial charge on any atom is -0.465 e. The van der Waals surface area contributed by atoms with Crippen molar-refractivity contribution in [3.63, 3.8) is 0 Å². The molecule has 0 heterocycles. The summed E-state index contributed by atoms with van der Waals surface area (Å²) in [6, 6.07) is 0. The van der Waals surface area contributed by atoms with Crippen LogP contribution in [0.5, 0.6) is 0 Å². The van der Waals surface area contributed by atoms with Crippen molar-refractivity contribution in [2.24, 2.45) is 45.6 Å². The number of oxime groups is 1. The summed E-state index contributed by atoms with van der Waals surface area (Å²) in [5, 5.41) is 13.6. The third-order valence-electron chi connectivity index (χ3n) is 13.1. The van der Waals surface area contributed by atoms with Gasteiger partial charge < -0.3 is 19.3 Å². The third-order valence-corrected chi connectivity index (χ3v) is 17.6. The second kappa shape index (κ2) is 12.1. The molecule has 2 amide bonds. The van der Waals surface area contributed by atoms with Gasteiger partial charge in [0.15, 0.2) is 8.32 Å². The number of hydrogen-bond acceptors (Lipinski definition) is 5. The van der Waals surface area contributed by atoms with E-state index in [9.17, 15) is 9.59 Å². The Morgan fingerprint density at radius 3 is 2.19 bits per heavy atom. The summed E-state index contributed by atoms with van der Waals surface area (Å²) >= 11 is 0. The molecule has 1 unspecified atom stereocenters. The number of carbonyl (C=O) groups excluding carboxylic acids is 1. The Morgan fingerprint density at radius 1 is 0.929 bits per heavy atom. The van der Waals surface area contributed by atoms with Gasteiger partial charge in [-0.25, -0.2) is 9.59 Å². The molecule has 1 N–H and O–H groups in total. The molecule has 0 aromatic heterocycles. The largest absolute Gasteiger partial charge is 0.465 e. The Kier molecular flexibility index (Phi) is 9.55. The summed E-state index contributed by atoms with van der Waals surface area (Å²) in [5.41, 5.74) is 1.54. The molecule has 0 bridgehead atoms. The second-order valence-corrected chi connectivity index (χ2v) is 21.1. The van der Waals surface area contributed by atoms with Crippen LogP contribution in [0.1, 0.15) is 99.3 Å². The molecular weight excluding hydrogens is 546 g/mol. The van der Waals surface area contributed by atoms with Crippen molar-refractivity contribution >= 4 is 26.2 Å². The molecule has 4 rings (SSSR count). The molecule has 9 heteroatoms. The van der Waals surface area contributed by atoms with Crippen molar-refractivity contribution in [3.05, 3.63) is 0 Å². The third kappa shape index (κ3) is 6.29. The number of hydrogen-bond donors (Lipinski definition) is 1. The maximum absolute atomic E-state index is 12.5. The maximum atomic E-state index is 12.5. The molecule has 4 aliphatic rings. The number of carbonyl (C=O) groups is 2. The minimum absolute atomic E-state index is 0.198. The highest BCUT2D eigenvalue weighted by Gasteiger charge is 2.61. The molecule has 8 nitrogen and oxygen atoms in total. The molecule has 0 radical (unpaired) electrons. The number of likely N-dealkylation sites (N-methyl/N-ethyl adjacent to an activating group) is 2. The quantitative estimate of drug-likeness (QED) is 0.137. The first-order valence-corrected chi connectivity index (χ1v) is 19.4. The van der Waals surface area contributed by atoms with Gasteiger partial charge in [-0.1, -0.05) is 39.8 Å². The first kappa shape index (κ1) is 33.3. The lowest BCUT2D eigenvalue weighted by molar-refractivity contribution is -0.122. The lowest BCUT2D eigenvalue weighted by atomic mass is 9.44. The standard InChI is InChI=1S/C33H59N3O5Si/c1-22(34-40-30(39)36(8)20-19-35(7)29(37)38)26-13-14-27-25-12-11-23-21-24(41-42(9,10)31(2,3)4)15-17-32(23,5)28(25)16-18-33(26,27)6/h23-28H,11-21H2,1-10H3,(H,37,38)/t23?,24-,25-,26+,27-,28-,32-,33+/m0/s1. The van der Waals surface area contributed by atoms with Crippen molar-refractivity contribution in [1.29, 1.82) is 0 Å². The van der Waals surface area contributed by atoms with E-state index in [-0.39, 0.29) is 23.5 Å². The van der Waals surface area contributed by atoms with Crippen LogP contribution in [0.25, 0.3) is 0 Å². The first-order valence-electron chi connectivity index (χ1n) is 16.5. The molecule has 0 spiro atoms. The molecule has 4 saturated carbocycles. The Morgan fingerprint density at radius 2 is 1.55 bits per heavy atom. The number of rotatable bonds is 7. The summed E-state index contributed by atoms with van der Waals surface area (Å²) in [6.45, 7) is 19.5. The van der Waals surface area contributed by atoms with E-state index in [0.717, 1.165) is 34.8 Å². The van der Waals surface area contributed by atoms with Gasteiger partial charge in [-0.3, -0.25) is 4.84 Å². The first-order chi connectivity index (χ1) is 19.4. The van der Waals surface area contributed by atoms with Gasteiger partial charge in [0.2, 0.25) is 0 Å². The van der Waals surface area contributed by atoms with Crippen LogP contribution < -0.4 is 0 Å². The van der Waals surface area contributed by atoms with Crippen LogP contribution >= 0.6 is 0 Å². The van der Waals surface area contributed by atoms with Crippen molar-refractivity contribution in [3.8, 4) is 0 Å². The average molecular weight is 606 g/mol. The molecule has 4 aliphatic carbocycles. The van der Waals surface area contributed by atoms with Crippen LogP contribution in [0.4, 0.5) is 9.59 Å². The Hall–Kier alpha value is -1.61. The number of amides is 2. The van der Waals surface area contributed by atoms with Gasteiger partial charge >= 0.3 is 12.2 Å². The zero-order valence-corrected chi connectivity index (χ0v) is 29.2. The Balaban J connectivity index is 1.38. The van der Waals surface area contributed by atoms with E-state index < -0.39 is 20.5 Å². The highest BCUT2D eigenvalue weighted by Crippen LogP contribution is 2.67. The van der Waals surface area contributed by atoms with E-state index in [1.165, 1.54) is 63.3 Å². The van der Waals surface area contributed by atoms with Crippen LogP contribution in [0.15, 0.2) is 5.16 Å². The number of nitrogens with zero attached hydrogens (tertiary/aromatic N) is 3. The van der Waals surface area contributed by atoms with Gasteiger partial charge in [0.1, 0.15) is 0 Å². The molecular formula is C33H59N3O5Si. The van der Waals surface area contributed by atoms with E-state index in [0.29, 0.717) is 23.4 Å². The summed E-state index contributed by atoms with van der Waals surface area (Å²) < 4.78 is 6.95. The Labute approximate surface area is 256 Å². The van der Waals surface area contributed by atoms with Crippen molar-refractivity contribution in [1.82, 2.24) is 9.80 Å². The fourth-order valence-corrected chi connectivity index (χ4v) is 10.7. The van der Waals surface area contributed by atoms with E-state index in [2.05, 4.69) is 52.9 Å². The predicted octanol–water partition coefficient (Wildman–Crippen LogP) is 8.09.